The van der Waals surface area contributed by atoms with E-state index in [1.807, 2.05) is 0 Å². The number of carbonyl (C=O) groups excluding carboxylic acids is 1. The Hall–Kier alpha value is -1.51. The molecule has 0 fully saturated rings. The maximum Gasteiger partial charge on any atom is 0.411 e. The molecule has 19 heavy (non-hydrogen) atoms. The molecular formula is C10H18F3N3O3. The first-order valence-electron chi connectivity index (χ1n) is 5.72. The summed E-state index contributed by atoms with van der Waals surface area (Å²) in [6, 6.07) is 0. The molecule has 9 heteroatoms. The number of carbonyl (C=O) groups is 1. The van der Waals surface area contributed by atoms with Gasteiger partial charge in [-0.2, -0.15) is 13.2 Å². The lowest BCUT2D eigenvalue weighted by atomic mass is 10.2. The van der Waals surface area contributed by atoms with Crippen molar-refractivity contribution in [1.29, 1.82) is 0 Å². The van der Waals surface area contributed by atoms with Gasteiger partial charge in [-0.3, -0.25) is 4.79 Å². The lowest BCUT2D eigenvalue weighted by Crippen LogP contribution is -2.26. The van der Waals surface area contributed by atoms with Crippen LogP contribution in [-0.2, 0) is 9.53 Å². The van der Waals surface area contributed by atoms with Crippen molar-refractivity contribution < 1.29 is 27.9 Å². The molecule has 0 heterocycles. The van der Waals surface area contributed by atoms with E-state index >= 15 is 0 Å². The van der Waals surface area contributed by atoms with Gasteiger partial charge in [-0.05, 0) is 12.8 Å². The number of amides is 1. The first-order valence-corrected chi connectivity index (χ1v) is 5.72. The lowest BCUT2D eigenvalue weighted by molar-refractivity contribution is -0.174. The minimum atomic E-state index is -4.37. The van der Waals surface area contributed by atoms with Crippen molar-refractivity contribution in [2.75, 3.05) is 19.8 Å². The van der Waals surface area contributed by atoms with Crippen molar-refractivity contribution in [1.82, 2.24) is 5.32 Å². The van der Waals surface area contributed by atoms with Crippen LogP contribution < -0.4 is 11.1 Å². The normalized spacial score (nSPS) is 12.5. The van der Waals surface area contributed by atoms with Crippen molar-refractivity contribution in [3.63, 3.8) is 0 Å². The number of halogens is 3. The fraction of sp³-hybridized carbons (Fsp3) is 0.800. The summed E-state index contributed by atoms with van der Waals surface area (Å²) >= 11 is 0. The third-order valence-corrected chi connectivity index (χ3v) is 2.05. The molecule has 0 aliphatic rings. The summed E-state index contributed by atoms with van der Waals surface area (Å²) in [6.45, 7) is -1.23. The van der Waals surface area contributed by atoms with Crippen molar-refractivity contribution >= 4 is 11.7 Å². The predicted molar refractivity (Wildman–Crippen MR) is 61.8 cm³/mol. The Morgan fingerprint density at radius 2 is 2.00 bits per heavy atom. The largest absolute Gasteiger partial charge is 0.411 e. The third kappa shape index (κ3) is 12.7. The summed E-state index contributed by atoms with van der Waals surface area (Å²) in [5, 5.41) is 13.6. The molecule has 1 amide bonds. The molecule has 0 aromatic heterocycles. The molecule has 0 saturated carbocycles. The van der Waals surface area contributed by atoms with Gasteiger partial charge in [0.2, 0.25) is 5.91 Å². The van der Waals surface area contributed by atoms with Gasteiger partial charge in [-0.15, -0.1) is 0 Å². The summed E-state index contributed by atoms with van der Waals surface area (Å²) in [6.07, 6.45) is -2.80. The van der Waals surface area contributed by atoms with E-state index in [1.165, 1.54) is 0 Å². The van der Waals surface area contributed by atoms with Gasteiger partial charge in [0.05, 0.1) is 6.61 Å². The summed E-state index contributed by atoms with van der Waals surface area (Å²) in [4.78, 5) is 11.2. The van der Waals surface area contributed by atoms with Gasteiger partial charge in [-0.1, -0.05) is 5.16 Å². The van der Waals surface area contributed by atoms with E-state index in [-0.39, 0.29) is 24.8 Å². The molecule has 0 aliphatic heterocycles. The standard InChI is InChI=1S/C10H18F3N3O3/c11-10(12,13)7-19-6-4-9(17)15-5-2-1-3-8(14)16-18/h18H,1-7H2,(H2,14,16)(H,15,17). The minimum Gasteiger partial charge on any atom is -0.409 e. The number of hydrogen-bond donors (Lipinski definition) is 3. The number of nitrogens with two attached hydrogens (primary N) is 1. The van der Waals surface area contributed by atoms with E-state index in [0.29, 0.717) is 25.8 Å². The van der Waals surface area contributed by atoms with E-state index in [4.69, 9.17) is 10.9 Å². The minimum absolute atomic E-state index is 0.115. The molecule has 112 valence electrons. The zero-order valence-electron chi connectivity index (χ0n) is 10.4. The van der Waals surface area contributed by atoms with Crippen LogP contribution in [0.15, 0.2) is 5.16 Å². The highest BCUT2D eigenvalue weighted by molar-refractivity contribution is 5.79. The van der Waals surface area contributed by atoms with Crippen LogP contribution in [0.5, 0.6) is 0 Å². The van der Waals surface area contributed by atoms with Gasteiger partial charge in [0.1, 0.15) is 12.4 Å². The van der Waals surface area contributed by atoms with E-state index < -0.39 is 12.8 Å². The van der Waals surface area contributed by atoms with Gasteiger partial charge in [-0.25, -0.2) is 0 Å². The Balaban J connectivity index is 3.40. The summed E-state index contributed by atoms with van der Waals surface area (Å²) in [7, 11) is 0. The number of unbranched alkanes of at least 4 members (excludes halogenated alkanes) is 1. The fourth-order valence-corrected chi connectivity index (χ4v) is 1.15. The highest BCUT2D eigenvalue weighted by Crippen LogP contribution is 2.14. The van der Waals surface area contributed by atoms with Crippen LogP contribution in [0.2, 0.25) is 0 Å². The predicted octanol–water partition coefficient (Wildman–Crippen LogP) is 0.988. The van der Waals surface area contributed by atoms with Gasteiger partial charge in [0, 0.05) is 19.4 Å². The van der Waals surface area contributed by atoms with Crippen LogP contribution in [-0.4, -0.2) is 42.9 Å². The highest BCUT2D eigenvalue weighted by Gasteiger charge is 2.27. The molecule has 4 N–H and O–H groups in total. The monoisotopic (exact) mass is 285 g/mol. The van der Waals surface area contributed by atoms with Gasteiger partial charge in [0.15, 0.2) is 0 Å². The molecule has 0 unspecified atom stereocenters. The zero-order chi connectivity index (χ0) is 14.7. The van der Waals surface area contributed by atoms with Gasteiger partial charge >= 0.3 is 6.18 Å². The SMILES string of the molecule is NC(CCCCNC(=O)CCOCC(F)(F)F)=NO. The van der Waals surface area contributed by atoms with Crippen molar-refractivity contribution in [2.45, 2.75) is 31.9 Å². The average Bonchev–Trinajstić information content (AvgIpc) is 2.32. The second-order valence-electron chi connectivity index (χ2n) is 3.82. The molecule has 0 rings (SSSR count). The molecule has 0 aromatic rings. The number of ether oxygens (including phenoxy) is 1. The molecule has 0 bridgehead atoms. The van der Waals surface area contributed by atoms with Gasteiger partial charge < -0.3 is 21.0 Å². The second-order valence-corrected chi connectivity index (χ2v) is 3.82. The Labute approximate surface area is 108 Å². The third-order valence-electron chi connectivity index (χ3n) is 2.05. The Morgan fingerprint density at radius 3 is 2.58 bits per heavy atom. The topological polar surface area (TPSA) is 96.9 Å². The quantitative estimate of drug-likeness (QED) is 0.193. The molecule has 0 aromatic carbocycles. The number of hydrogen-bond acceptors (Lipinski definition) is 4. The van der Waals surface area contributed by atoms with Crippen LogP contribution in [0, 0.1) is 0 Å². The van der Waals surface area contributed by atoms with E-state index in [1.54, 1.807) is 0 Å². The first kappa shape index (κ1) is 17.5. The van der Waals surface area contributed by atoms with E-state index in [9.17, 15) is 18.0 Å². The van der Waals surface area contributed by atoms with Crippen LogP contribution in [0.25, 0.3) is 0 Å². The number of alkyl halides is 3. The van der Waals surface area contributed by atoms with Crippen molar-refractivity contribution in [3.05, 3.63) is 0 Å². The maximum absolute atomic E-state index is 11.7. The van der Waals surface area contributed by atoms with Gasteiger partial charge in [0.25, 0.3) is 0 Å². The van der Waals surface area contributed by atoms with Crippen LogP contribution in [0.1, 0.15) is 25.7 Å². The summed E-state index contributed by atoms with van der Waals surface area (Å²) in [5.41, 5.74) is 5.24. The number of amidine groups is 1. The zero-order valence-corrected chi connectivity index (χ0v) is 10.4. The van der Waals surface area contributed by atoms with Crippen molar-refractivity contribution in [3.8, 4) is 0 Å². The molecule has 0 atom stereocenters. The van der Waals surface area contributed by atoms with Crippen LogP contribution in [0.3, 0.4) is 0 Å². The average molecular weight is 285 g/mol. The summed E-state index contributed by atoms with van der Waals surface area (Å²) in [5.74, 6) is -0.252. The Bertz CT molecular complexity index is 295. The molecule has 0 saturated heterocycles. The first-order chi connectivity index (χ1) is 8.85. The van der Waals surface area contributed by atoms with Crippen molar-refractivity contribution in [2.24, 2.45) is 10.9 Å². The van der Waals surface area contributed by atoms with Crippen LogP contribution >= 0.6 is 0 Å². The molecular weight excluding hydrogens is 267 g/mol. The number of oxime groups is 1. The van der Waals surface area contributed by atoms with E-state index in [2.05, 4.69) is 15.2 Å². The number of nitrogens with one attached hydrogen (secondary N) is 1. The van der Waals surface area contributed by atoms with E-state index in [0.717, 1.165) is 0 Å². The fourth-order valence-electron chi connectivity index (χ4n) is 1.15. The molecule has 6 nitrogen and oxygen atoms in total. The molecule has 0 spiro atoms. The Kier molecular flexibility index (Phi) is 8.68. The Morgan fingerprint density at radius 1 is 1.32 bits per heavy atom. The number of rotatable bonds is 9. The molecule has 0 aliphatic carbocycles. The maximum atomic E-state index is 11.7. The number of nitrogens with zero attached hydrogens (tertiary/aromatic N) is 1. The van der Waals surface area contributed by atoms with Crippen LogP contribution in [0.4, 0.5) is 13.2 Å². The second kappa shape index (κ2) is 9.42. The lowest BCUT2D eigenvalue weighted by Gasteiger charge is -2.08. The summed E-state index contributed by atoms with van der Waals surface area (Å²) < 4.78 is 39.4. The molecule has 0 radical (unpaired) electrons. The highest BCUT2D eigenvalue weighted by atomic mass is 19.4. The smallest absolute Gasteiger partial charge is 0.409 e.